The zero-order valence-corrected chi connectivity index (χ0v) is 10.1. The predicted octanol–water partition coefficient (Wildman–Crippen LogP) is 1.80. The Balaban J connectivity index is 3.48. The summed E-state index contributed by atoms with van der Waals surface area (Å²) in [7, 11) is 2.72. The average Bonchev–Trinajstić information content (AvgIpc) is 2.30. The third kappa shape index (κ3) is 2.68. The highest BCUT2D eigenvalue weighted by atomic mass is 35.5. The largest absolute Gasteiger partial charge is 0.492 e. The zero-order chi connectivity index (χ0) is 13.0. The lowest BCUT2D eigenvalue weighted by Gasteiger charge is -2.14. The number of hydrogen-bond acceptors (Lipinski definition) is 4. The molecule has 92 valence electrons. The molecule has 1 N–H and O–H groups in total. The third-order valence-electron chi connectivity index (χ3n) is 2.18. The summed E-state index contributed by atoms with van der Waals surface area (Å²) in [5, 5.41) is 8.94. The average molecular weight is 259 g/mol. The SMILES string of the molecule is COc1c(C=O)cc(Cl)c(CC(=O)O)c1OC. The van der Waals surface area contributed by atoms with Gasteiger partial charge in [0.2, 0.25) is 0 Å². The first kappa shape index (κ1) is 13.3. The lowest BCUT2D eigenvalue weighted by Crippen LogP contribution is -2.06. The van der Waals surface area contributed by atoms with Crippen molar-refractivity contribution in [3.05, 3.63) is 22.2 Å². The molecule has 1 rings (SSSR count). The van der Waals surface area contributed by atoms with Crippen molar-refractivity contribution in [2.75, 3.05) is 14.2 Å². The molecule has 0 saturated heterocycles. The van der Waals surface area contributed by atoms with Crippen LogP contribution in [0.5, 0.6) is 11.5 Å². The number of carboxylic acids is 1. The molecular formula is C11H11ClO5. The molecule has 0 spiro atoms. The Morgan fingerprint density at radius 1 is 1.41 bits per heavy atom. The van der Waals surface area contributed by atoms with Crippen molar-refractivity contribution >= 4 is 23.9 Å². The van der Waals surface area contributed by atoms with E-state index in [2.05, 4.69) is 0 Å². The van der Waals surface area contributed by atoms with Gasteiger partial charge in [0.25, 0.3) is 0 Å². The lowest BCUT2D eigenvalue weighted by molar-refractivity contribution is -0.136. The van der Waals surface area contributed by atoms with Crippen molar-refractivity contribution in [3.63, 3.8) is 0 Å². The highest BCUT2D eigenvalue weighted by Gasteiger charge is 2.20. The van der Waals surface area contributed by atoms with Gasteiger partial charge in [-0.05, 0) is 6.07 Å². The monoisotopic (exact) mass is 258 g/mol. The number of aliphatic carboxylic acids is 1. The van der Waals surface area contributed by atoms with Crippen LogP contribution >= 0.6 is 11.6 Å². The van der Waals surface area contributed by atoms with Crippen molar-refractivity contribution in [1.29, 1.82) is 0 Å². The highest BCUT2D eigenvalue weighted by Crippen LogP contribution is 2.38. The van der Waals surface area contributed by atoms with E-state index in [1.807, 2.05) is 0 Å². The van der Waals surface area contributed by atoms with E-state index in [0.29, 0.717) is 6.29 Å². The summed E-state index contributed by atoms with van der Waals surface area (Å²) in [6, 6.07) is 1.36. The number of carbonyl (C=O) groups is 2. The second-order valence-corrected chi connectivity index (χ2v) is 3.59. The van der Waals surface area contributed by atoms with Crippen LogP contribution in [-0.4, -0.2) is 31.6 Å². The quantitative estimate of drug-likeness (QED) is 0.815. The summed E-state index contributed by atoms with van der Waals surface area (Å²) >= 11 is 5.91. The van der Waals surface area contributed by atoms with E-state index < -0.39 is 5.97 Å². The molecule has 0 heterocycles. The first-order chi connectivity index (χ1) is 8.04. The Hall–Kier alpha value is -1.75. The molecule has 1 aromatic carbocycles. The van der Waals surface area contributed by atoms with Gasteiger partial charge >= 0.3 is 5.97 Å². The summed E-state index contributed by atoms with van der Waals surface area (Å²) in [4.78, 5) is 21.5. The van der Waals surface area contributed by atoms with Gasteiger partial charge in [0, 0.05) is 10.6 Å². The van der Waals surface area contributed by atoms with Crippen molar-refractivity contribution in [3.8, 4) is 11.5 Å². The molecule has 1 aromatic rings. The first-order valence-electron chi connectivity index (χ1n) is 4.65. The minimum absolute atomic E-state index is 0.159. The van der Waals surface area contributed by atoms with Crippen LogP contribution in [0.15, 0.2) is 6.07 Å². The van der Waals surface area contributed by atoms with Crippen molar-refractivity contribution in [1.82, 2.24) is 0 Å². The topological polar surface area (TPSA) is 72.8 Å². The van der Waals surface area contributed by atoms with E-state index in [-0.39, 0.29) is 34.1 Å². The maximum Gasteiger partial charge on any atom is 0.308 e. The van der Waals surface area contributed by atoms with Crippen LogP contribution in [0.25, 0.3) is 0 Å². The number of benzene rings is 1. The molecule has 0 radical (unpaired) electrons. The number of carbonyl (C=O) groups excluding carboxylic acids is 1. The minimum Gasteiger partial charge on any atom is -0.492 e. The number of carboxylic acid groups (broad SMARTS) is 1. The van der Waals surface area contributed by atoms with Gasteiger partial charge in [-0.3, -0.25) is 9.59 Å². The van der Waals surface area contributed by atoms with Gasteiger partial charge in [-0.15, -0.1) is 0 Å². The number of halogens is 1. The number of ether oxygens (including phenoxy) is 2. The Morgan fingerprint density at radius 3 is 2.41 bits per heavy atom. The maximum atomic E-state index is 10.8. The Morgan fingerprint density at radius 2 is 2.00 bits per heavy atom. The summed E-state index contributed by atoms with van der Waals surface area (Å²) in [6.45, 7) is 0. The molecule has 17 heavy (non-hydrogen) atoms. The van der Waals surface area contributed by atoms with Gasteiger partial charge < -0.3 is 14.6 Å². The molecule has 0 aliphatic heterocycles. The van der Waals surface area contributed by atoms with Gasteiger partial charge in [0.15, 0.2) is 17.8 Å². The molecule has 5 nitrogen and oxygen atoms in total. The van der Waals surface area contributed by atoms with Crippen LogP contribution in [0, 0.1) is 0 Å². The predicted molar refractivity (Wildman–Crippen MR) is 61.3 cm³/mol. The maximum absolute atomic E-state index is 10.8. The van der Waals surface area contributed by atoms with Gasteiger partial charge in [-0.25, -0.2) is 0 Å². The van der Waals surface area contributed by atoms with E-state index >= 15 is 0 Å². The van der Waals surface area contributed by atoms with Crippen molar-refractivity contribution in [2.24, 2.45) is 0 Å². The molecule has 0 aromatic heterocycles. The van der Waals surface area contributed by atoms with Gasteiger partial charge in [-0.1, -0.05) is 11.6 Å². The second kappa shape index (κ2) is 5.54. The number of methoxy groups -OCH3 is 2. The molecule has 0 aliphatic carbocycles. The Labute approximate surface area is 103 Å². The molecule has 0 amide bonds. The number of hydrogen-bond donors (Lipinski definition) is 1. The smallest absolute Gasteiger partial charge is 0.308 e. The first-order valence-corrected chi connectivity index (χ1v) is 5.03. The second-order valence-electron chi connectivity index (χ2n) is 3.18. The fourth-order valence-corrected chi connectivity index (χ4v) is 1.77. The van der Waals surface area contributed by atoms with E-state index in [4.69, 9.17) is 26.2 Å². The normalized spacial score (nSPS) is 9.82. The molecule has 0 bridgehead atoms. The molecule has 0 fully saturated rings. The standard InChI is InChI=1S/C11H11ClO5/c1-16-10-6(5-13)3-8(12)7(4-9(14)15)11(10)17-2/h3,5H,4H2,1-2H3,(H,14,15). The fourth-order valence-electron chi connectivity index (χ4n) is 1.50. The number of aldehydes is 1. The van der Waals surface area contributed by atoms with Gasteiger partial charge in [0.05, 0.1) is 26.2 Å². The summed E-state index contributed by atoms with van der Waals surface area (Å²) in [5.74, 6) is -0.696. The van der Waals surface area contributed by atoms with Crippen molar-refractivity contribution in [2.45, 2.75) is 6.42 Å². The number of rotatable bonds is 5. The highest BCUT2D eigenvalue weighted by molar-refractivity contribution is 6.32. The van der Waals surface area contributed by atoms with Crippen LogP contribution < -0.4 is 9.47 Å². The summed E-state index contributed by atoms with van der Waals surface area (Å²) in [5.41, 5.74) is 0.493. The van der Waals surface area contributed by atoms with E-state index in [9.17, 15) is 9.59 Å². The van der Waals surface area contributed by atoms with E-state index in [1.54, 1.807) is 0 Å². The van der Waals surface area contributed by atoms with Crippen LogP contribution in [-0.2, 0) is 11.2 Å². The Kier molecular flexibility index (Phi) is 4.34. The summed E-state index contributed by atoms with van der Waals surface area (Å²) < 4.78 is 10.1. The summed E-state index contributed by atoms with van der Waals surface area (Å²) in [6.07, 6.45) is 0.259. The van der Waals surface area contributed by atoms with Crippen LogP contribution in [0.3, 0.4) is 0 Å². The van der Waals surface area contributed by atoms with Crippen LogP contribution in [0.4, 0.5) is 0 Å². The minimum atomic E-state index is -1.05. The van der Waals surface area contributed by atoms with Gasteiger partial charge in [-0.2, -0.15) is 0 Å². The molecule has 0 unspecified atom stereocenters. The molecule has 6 heteroatoms. The zero-order valence-electron chi connectivity index (χ0n) is 9.32. The van der Waals surface area contributed by atoms with Crippen molar-refractivity contribution < 1.29 is 24.2 Å². The van der Waals surface area contributed by atoms with Gasteiger partial charge in [0.1, 0.15) is 0 Å². The van der Waals surface area contributed by atoms with E-state index in [0.717, 1.165) is 0 Å². The Bertz CT molecular complexity index is 456. The molecule has 0 atom stereocenters. The van der Waals surface area contributed by atoms with E-state index in [1.165, 1.54) is 20.3 Å². The molecule has 0 saturated carbocycles. The third-order valence-corrected chi connectivity index (χ3v) is 2.51. The lowest BCUT2D eigenvalue weighted by atomic mass is 10.1. The fraction of sp³-hybridized carbons (Fsp3) is 0.273. The van der Waals surface area contributed by atoms with Crippen LogP contribution in [0.2, 0.25) is 5.02 Å². The molecular weight excluding hydrogens is 248 g/mol. The van der Waals surface area contributed by atoms with Crippen LogP contribution in [0.1, 0.15) is 15.9 Å². The molecule has 0 aliphatic rings.